The molecule has 8 nitrogen and oxygen atoms in total. The van der Waals surface area contributed by atoms with Gasteiger partial charge in [0.25, 0.3) is 0 Å². The number of aryl methyl sites for hydroxylation is 1. The number of rotatable bonds is 11. The number of methoxy groups -OCH3 is 2. The molecule has 0 aromatic heterocycles. The maximum atomic E-state index is 13.9. The second-order valence-corrected chi connectivity index (χ2v) is 13.0. The van der Waals surface area contributed by atoms with Gasteiger partial charge in [-0.05, 0) is 76.5 Å². The van der Waals surface area contributed by atoms with E-state index in [0.717, 1.165) is 23.1 Å². The van der Waals surface area contributed by atoms with Crippen LogP contribution in [0.15, 0.2) is 42.5 Å². The van der Waals surface area contributed by atoms with Gasteiger partial charge in [0.05, 0.1) is 31.4 Å². The molecular weight excluding hydrogens is 531 g/mol. The molecular formula is C33H47BN2O6. The van der Waals surface area contributed by atoms with Gasteiger partial charge in [-0.3, -0.25) is 9.59 Å². The van der Waals surface area contributed by atoms with E-state index in [1.165, 1.54) is 0 Å². The quantitative estimate of drug-likeness (QED) is 0.376. The smallest absolute Gasteiger partial charge is 0.481 e. The Balaban J connectivity index is 1.54. The van der Waals surface area contributed by atoms with E-state index in [-0.39, 0.29) is 23.7 Å². The average molecular weight is 579 g/mol. The van der Waals surface area contributed by atoms with Crippen molar-refractivity contribution in [3.05, 3.63) is 59.2 Å². The van der Waals surface area contributed by atoms with E-state index >= 15 is 0 Å². The number of carbonyl (C=O) groups is 2. The number of hydrogen-bond acceptors (Lipinski definition) is 6. The molecule has 1 aliphatic carbocycles. The molecule has 1 fully saturated rings. The molecule has 42 heavy (non-hydrogen) atoms. The lowest BCUT2D eigenvalue weighted by Gasteiger charge is -2.32. The van der Waals surface area contributed by atoms with Crippen LogP contribution in [0, 0.1) is 11.8 Å². The maximum Gasteiger partial charge on any atom is 0.481 e. The first kappa shape index (κ1) is 31.9. The predicted molar refractivity (Wildman–Crippen MR) is 165 cm³/mol. The van der Waals surface area contributed by atoms with Gasteiger partial charge in [0.2, 0.25) is 11.8 Å². The van der Waals surface area contributed by atoms with Crippen molar-refractivity contribution in [3.8, 4) is 11.5 Å². The third-order valence-corrected chi connectivity index (χ3v) is 8.90. The van der Waals surface area contributed by atoms with Crippen molar-refractivity contribution < 1.29 is 28.4 Å². The molecule has 0 radical (unpaired) electrons. The van der Waals surface area contributed by atoms with Crippen LogP contribution in [0.3, 0.4) is 0 Å². The van der Waals surface area contributed by atoms with E-state index in [4.69, 9.17) is 18.8 Å². The zero-order chi connectivity index (χ0) is 30.7. The third kappa shape index (κ3) is 7.12. The summed E-state index contributed by atoms with van der Waals surface area (Å²) in [7, 11) is 2.64. The van der Waals surface area contributed by atoms with Crippen molar-refractivity contribution in [2.75, 3.05) is 14.2 Å². The average Bonchev–Trinajstić information content (AvgIpc) is 3.17. The van der Waals surface area contributed by atoms with Crippen molar-refractivity contribution in [3.63, 3.8) is 0 Å². The number of carbonyl (C=O) groups excluding carboxylic acids is 2. The van der Waals surface area contributed by atoms with Crippen molar-refractivity contribution in [1.82, 2.24) is 10.6 Å². The second kappa shape index (κ2) is 13.1. The normalized spacial score (nSPS) is 20.4. The Morgan fingerprint density at radius 2 is 1.64 bits per heavy atom. The highest BCUT2D eigenvalue weighted by molar-refractivity contribution is 6.48. The number of ether oxygens (including phenoxy) is 2. The van der Waals surface area contributed by atoms with Crippen LogP contribution in [0.2, 0.25) is 0 Å². The largest absolute Gasteiger partial charge is 0.493 e. The standard InChI is InChI=1S/C33H47BN2O6/c1-21(2)18-28(34-41-32(3,4)33(5,6)42-34)36-31(38)26(19-22-12-10-9-11-13-22)35-30(37)24-15-14-23-16-17-27(39-7)29(40-8)25(23)20-24/h9-13,16-17,21,24,26,28H,14-15,18-20H2,1-8H3,(H,35,37)(H,36,38)/t24?,26-,28?/m0/s1. The Kier molecular flexibility index (Phi) is 9.94. The monoisotopic (exact) mass is 578 g/mol. The van der Waals surface area contributed by atoms with E-state index in [1.807, 2.05) is 70.2 Å². The Labute approximate surface area is 251 Å². The lowest BCUT2D eigenvalue weighted by Crippen LogP contribution is -2.56. The summed E-state index contributed by atoms with van der Waals surface area (Å²) in [5, 5.41) is 6.31. The summed E-state index contributed by atoms with van der Waals surface area (Å²) in [5.74, 6) is 0.570. The van der Waals surface area contributed by atoms with Gasteiger partial charge in [-0.2, -0.15) is 0 Å². The summed E-state index contributed by atoms with van der Waals surface area (Å²) < 4.78 is 23.8. The molecule has 1 heterocycles. The Morgan fingerprint density at radius 3 is 2.24 bits per heavy atom. The van der Waals surface area contributed by atoms with Crippen LogP contribution in [-0.2, 0) is 38.2 Å². The Bertz CT molecular complexity index is 1230. The molecule has 2 amide bonds. The number of amides is 2. The molecule has 9 heteroatoms. The maximum absolute atomic E-state index is 13.9. The van der Waals surface area contributed by atoms with Gasteiger partial charge in [-0.1, -0.05) is 50.2 Å². The molecule has 1 saturated heterocycles. The lowest BCUT2D eigenvalue weighted by atomic mass is 9.73. The minimum Gasteiger partial charge on any atom is -0.493 e. The number of benzene rings is 2. The highest BCUT2D eigenvalue weighted by Crippen LogP contribution is 2.40. The van der Waals surface area contributed by atoms with E-state index in [1.54, 1.807) is 14.2 Å². The molecule has 228 valence electrons. The number of hydrogen-bond donors (Lipinski definition) is 2. The van der Waals surface area contributed by atoms with E-state index in [0.29, 0.717) is 43.1 Å². The summed E-state index contributed by atoms with van der Waals surface area (Å²) in [5.41, 5.74) is 2.08. The predicted octanol–water partition coefficient (Wildman–Crippen LogP) is 4.70. The topological polar surface area (TPSA) is 95.1 Å². The number of nitrogens with one attached hydrogen (secondary N) is 2. The first-order valence-corrected chi connectivity index (χ1v) is 15.1. The molecule has 1 aliphatic heterocycles. The number of fused-ring (bicyclic) bond motifs is 1. The van der Waals surface area contributed by atoms with Gasteiger partial charge in [-0.25, -0.2) is 0 Å². The van der Waals surface area contributed by atoms with Gasteiger partial charge in [0.15, 0.2) is 11.5 Å². The molecule has 4 rings (SSSR count). The van der Waals surface area contributed by atoms with Gasteiger partial charge in [0, 0.05) is 17.9 Å². The van der Waals surface area contributed by atoms with E-state index in [2.05, 4.69) is 24.5 Å². The van der Waals surface area contributed by atoms with Crippen molar-refractivity contribution >= 4 is 18.9 Å². The molecule has 0 bridgehead atoms. The van der Waals surface area contributed by atoms with Crippen molar-refractivity contribution in [1.29, 1.82) is 0 Å². The minimum atomic E-state index is -0.759. The van der Waals surface area contributed by atoms with Crippen LogP contribution in [0.5, 0.6) is 11.5 Å². The summed E-state index contributed by atoms with van der Waals surface area (Å²) in [4.78, 5) is 27.7. The van der Waals surface area contributed by atoms with Crippen LogP contribution >= 0.6 is 0 Å². The SMILES string of the molecule is COc1ccc2c(c1OC)CC(C(=O)N[C@@H](Cc1ccccc1)C(=O)NC(CC(C)C)B1OC(C)(C)C(C)(C)O1)CC2. The van der Waals surface area contributed by atoms with Crippen LogP contribution in [0.4, 0.5) is 0 Å². The first-order valence-electron chi connectivity index (χ1n) is 15.1. The van der Waals surface area contributed by atoms with Crippen molar-refractivity contribution in [2.24, 2.45) is 11.8 Å². The zero-order valence-corrected chi connectivity index (χ0v) is 26.4. The van der Waals surface area contributed by atoms with Crippen LogP contribution in [0.25, 0.3) is 0 Å². The molecule has 0 spiro atoms. The van der Waals surface area contributed by atoms with E-state index in [9.17, 15) is 9.59 Å². The molecule has 2 aromatic rings. The van der Waals surface area contributed by atoms with Crippen LogP contribution in [-0.4, -0.2) is 56.3 Å². The first-order chi connectivity index (χ1) is 19.8. The summed E-state index contributed by atoms with van der Waals surface area (Å²) >= 11 is 0. The highest BCUT2D eigenvalue weighted by atomic mass is 16.7. The molecule has 2 aliphatic rings. The Hall–Kier alpha value is -3.04. The van der Waals surface area contributed by atoms with Crippen LogP contribution in [0.1, 0.15) is 71.1 Å². The fourth-order valence-electron chi connectivity index (χ4n) is 5.82. The molecule has 3 atom stereocenters. The summed E-state index contributed by atoms with van der Waals surface area (Å²) in [6, 6.07) is 13.0. The summed E-state index contributed by atoms with van der Waals surface area (Å²) in [6.45, 7) is 12.2. The van der Waals surface area contributed by atoms with Gasteiger partial charge in [0.1, 0.15) is 6.04 Å². The van der Waals surface area contributed by atoms with Gasteiger partial charge >= 0.3 is 7.12 Å². The molecule has 2 N–H and O–H groups in total. The van der Waals surface area contributed by atoms with Gasteiger partial charge in [-0.15, -0.1) is 0 Å². The lowest BCUT2D eigenvalue weighted by molar-refractivity contribution is -0.131. The fraction of sp³-hybridized carbons (Fsp3) is 0.576. The fourth-order valence-corrected chi connectivity index (χ4v) is 5.82. The molecule has 2 aromatic carbocycles. The van der Waals surface area contributed by atoms with Crippen LogP contribution < -0.4 is 20.1 Å². The second-order valence-electron chi connectivity index (χ2n) is 13.0. The molecule has 2 unspecified atom stereocenters. The zero-order valence-electron chi connectivity index (χ0n) is 26.4. The summed E-state index contributed by atoms with van der Waals surface area (Å²) in [6.07, 6.45) is 3.01. The molecule has 0 saturated carbocycles. The Morgan fingerprint density at radius 1 is 0.976 bits per heavy atom. The minimum absolute atomic E-state index is 0.141. The van der Waals surface area contributed by atoms with Crippen molar-refractivity contribution in [2.45, 2.75) is 96.8 Å². The highest BCUT2D eigenvalue weighted by Gasteiger charge is 2.54. The van der Waals surface area contributed by atoms with E-state index < -0.39 is 24.4 Å². The van der Waals surface area contributed by atoms with Gasteiger partial charge < -0.3 is 29.4 Å². The third-order valence-electron chi connectivity index (χ3n) is 8.90.